The number of rotatable bonds is 2. The van der Waals surface area contributed by atoms with Gasteiger partial charge in [-0.05, 0) is 24.6 Å². The molecule has 0 saturated carbocycles. The number of aromatic nitrogens is 3. The molecular formula is C15H13BrN4O4. The number of carbonyl (C=O) groups is 1. The number of nitrogens with zero attached hydrogens (tertiary/aromatic N) is 3. The number of benzene rings is 1. The van der Waals surface area contributed by atoms with Gasteiger partial charge in [-0.2, -0.15) is 10.1 Å². The number of methoxy groups -OCH3 is 1. The molecule has 4 rings (SSSR count). The Morgan fingerprint density at radius 1 is 1.42 bits per heavy atom. The quantitative estimate of drug-likeness (QED) is 0.783. The summed E-state index contributed by atoms with van der Waals surface area (Å²) in [5.74, 6) is 1.39. The maximum absolute atomic E-state index is 12.4. The molecule has 1 aromatic heterocycles. The molecule has 0 unspecified atom stereocenters. The van der Waals surface area contributed by atoms with E-state index in [1.807, 2.05) is 12.1 Å². The number of allylic oxidation sites excluding steroid dienone is 1. The van der Waals surface area contributed by atoms with Crippen LogP contribution in [0.25, 0.3) is 0 Å². The third-order valence-electron chi connectivity index (χ3n) is 3.99. The Morgan fingerprint density at radius 2 is 2.17 bits per heavy atom. The maximum atomic E-state index is 12.4. The van der Waals surface area contributed by atoms with Crippen molar-refractivity contribution in [3.05, 3.63) is 39.8 Å². The standard InChI is InChI=1S/C15H13BrN4O4/c1-7-12(14(21)22-2)13(20-15(19-7)17-5-18-20)8-3-10-11(4-9(8)16)24-6-23-10/h3-5,13H,6H2,1-2H3,(H,17,18,19)/t13-/m1/s1. The lowest BCUT2D eigenvalue weighted by molar-refractivity contribution is -0.136. The predicted octanol–water partition coefficient (Wildman–Crippen LogP) is 2.23. The summed E-state index contributed by atoms with van der Waals surface area (Å²) in [6.45, 7) is 1.98. The number of ether oxygens (including phenoxy) is 3. The van der Waals surface area contributed by atoms with Crippen LogP contribution in [-0.4, -0.2) is 34.6 Å². The molecule has 0 bridgehead atoms. The Hall–Kier alpha value is -2.55. The summed E-state index contributed by atoms with van der Waals surface area (Å²) in [7, 11) is 1.35. The molecule has 2 aromatic rings. The Labute approximate surface area is 145 Å². The van der Waals surface area contributed by atoms with Crippen molar-refractivity contribution in [2.75, 3.05) is 19.2 Å². The Bertz CT molecular complexity index is 876. The molecule has 0 spiro atoms. The van der Waals surface area contributed by atoms with Gasteiger partial charge in [0, 0.05) is 10.2 Å². The molecule has 2 aliphatic heterocycles. The minimum Gasteiger partial charge on any atom is -0.466 e. The molecular weight excluding hydrogens is 380 g/mol. The lowest BCUT2D eigenvalue weighted by Crippen LogP contribution is -2.29. The van der Waals surface area contributed by atoms with E-state index in [0.29, 0.717) is 28.7 Å². The first-order valence-corrected chi connectivity index (χ1v) is 7.94. The van der Waals surface area contributed by atoms with Gasteiger partial charge in [0.15, 0.2) is 11.5 Å². The first-order chi connectivity index (χ1) is 11.6. The van der Waals surface area contributed by atoms with Crippen LogP contribution in [0.2, 0.25) is 0 Å². The number of fused-ring (bicyclic) bond motifs is 2. The number of nitrogens with one attached hydrogen (secondary N) is 1. The lowest BCUT2D eigenvalue weighted by Gasteiger charge is -2.28. The number of hydrogen-bond donors (Lipinski definition) is 1. The first-order valence-electron chi connectivity index (χ1n) is 7.14. The smallest absolute Gasteiger partial charge is 0.338 e. The minimum atomic E-state index is -0.500. The van der Waals surface area contributed by atoms with Gasteiger partial charge in [-0.25, -0.2) is 9.48 Å². The van der Waals surface area contributed by atoms with Crippen LogP contribution in [-0.2, 0) is 9.53 Å². The van der Waals surface area contributed by atoms with Gasteiger partial charge in [0.25, 0.3) is 0 Å². The van der Waals surface area contributed by atoms with E-state index < -0.39 is 12.0 Å². The third-order valence-corrected chi connectivity index (χ3v) is 4.67. The van der Waals surface area contributed by atoms with Crippen molar-refractivity contribution in [3.63, 3.8) is 0 Å². The van der Waals surface area contributed by atoms with E-state index in [4.69, 9.17) is 14.2 Å². The molecule has 3 heterocycles. The summed E-state index contributed by atoms with van der Waals surface area (Å²) in [4.78, 5) is 16.6. The summed E-state index contributed by atoms with van der Waals surface area (Å²) in [5, 5.41) is 7.33. The highest BCUT2D eigenvalue weighted by atomic mass is 79.9. The van der Waals surface area contributed by atoms with Crippen LogP contribution in [0.1, 0.15) is 18.5 Å². The van der Waals surface area contributed by atoms with Gasteiger partial charge >= 0.3 is 5.97 Å². The summed E-state index contributed by atoms with van der Waals surface area (Å²) >= 11 is 3.55. The molecule has 0 aliphatic carbocycles. The van der Waals surface area contributed by atoms with Crippen molar-refractivity contribution in [1.29, 1.82) is 0 Å². The number of carbonyl (C=O) groups excluding carboxylic acids is 1. The first kappa shape index (κ1) is 15.0. The molecule has 1 N–H and O–H groups in total. The highest BCUT2D eigenvalue weighted by Crippen LogP contribution is 2.44. The highest BCUT2D eigenvalue weighted by molar-refractivity contribution is 9.10. The average molecular weight is 393 g/mol. The molecule has 2 aliphatic rings. The molecule has 124 valence electrons. The summed E-state index contributed by atoms with van der Waals surface area (Å²) in [5.41, 5.74) is 1.92. The molecule has 8 nitrogen and oxygen atoms in total. The SMILES string of the molecule is COC(=O)C1=C(C)Nc2ncnn2[C@@H]1c1cc2c(cc1Br)OCO2. The predicted molar refractivity (Wildman–Crippen MR) is 86.8 cm³/mol. The van der Waals surface area contributed by atoms with E-state index in [1.165, 1.54) is 13.4 Å². The zero-order chi connectivity index (χ0) is 16.8. The topological polar surface area (TPSA) is 87.5 Å². The zero-order valence-corrected chi connectivity index (χ0v) is 14.5. The zero-order valence-electron chi connectivity index (χ0n) is 12.9. The van der Waals surface area contributed by atoms with Crippen LogP contribution < -0.4 is 14.8 Å². The molecule has 1 atom stereocenters. The second-order valence-corrected chi connectivity index (χ2v) is 6.17. The van der Waals surface area contributed by atoms with Gasteiger partial charge in [-0.1, -0.05) is 15.9 Å². The Balaban J connectivity index is 1.93. The van der Waals surface area contributed by atoms with Crippen LogP contribution in [0.15, 0.2) is 34.2 Å². The molecule has 24 heavy (non-hydrogen) atoms. The Kier molecular flexibility index (Phi) is 3.45. The molecule has 1 aromatic carbocycles. The fourth-order valence-electron chi connectivity index (χ4n) is 2.90. The second kappa shape index (κ2) is 5.52. The lowest BCUT2D eigenvalue weighted by atomic mass is 9.95. The van der Waals surface area contributed by atoms with Crippen molar-refractivity contribution < 1.29 is 19.0 Å². The Morgan fingerprint density at radius 3 is 2.92 bits per heavy atom. The summed E-state index contributed by atoms with van der Waals surface area (Å²) in [6.07, 6.45) is 1.43. The van der Waals surface area contributed by atoms with Gasteiger partial charge in [-0.15, -0.1) is 0 Å². The van der Waals surface area contributed by atoms with Crippen molar-refractivity contribution >= 4 is 27.8 Å². The van der Waals surface area contributed by atoms with Gasteiger partial charge in [0.1, 0.15) is 12.4 Å². The molecule has 0 radical (unpaired) electrons. The molecule has 0 fully saturated rings. The minimum absolute atomic E-state index is 0.171. The van der Waals surface area contributed by atoms with Gasteiger partial charge in [0.05, 0.1) is 12.7 Å². The van der Waals surface area contributed by atoms with Gasteiger partial charge in [0.2, 0.25) is 12.7 Å². The number of hydrogen-bond acceptors (Lipinski definition) is 7. The fraction of sp³-hybridized carbons (Fsp3) is 0.267. The number of anilines is 1. The third kappa shape index (κ3) is 2.15. The normalized spacial score (nSPS) is 18.2. The molecule has 9 heteroatoms. The second-order valence-electron chi connectivity index (χ2n) is 5.31. The van der Waals surface area contributed by atoms with Crippen LogP contribution in [0.4, 0.5) is 5.95 Å². The molecule has 0 amide bonds. The van der Waals surface area contributed by atoms with Gasteiger partial charge in [-0.3, -0.25) is 0 Å². The maximum Gasteiger partial charge on any atom is 0.338 e. The van der Waals surface area contributed by atoms with Crippen LogP contribution in [0, 0.1) is 0 Å². The van der Waals surface area contributed by atoms with E-state index in [0.717, 1.165) is 10.0 Å². The van der Waals surface area contributed by atoms with E-state index >= 15 is 0 Å². The number of halogens is 1. The van der Waals surface area contributed by atoms with Crippen molar-refractivity contribution in [2.45, 2.75) is 13.0 Å². The largest absolute Gasteiger partial charge is 0.466 e. The monoisotopic (exact) mass is 392 g/mol. The van der Waals surface area contributed by atoms with Crippen molar-refractivity contribution in [2.24, 2.45) is 0 Å². The van der Waals surface area contributed by atoms with Crippen LogP contribution >= 0.6 is 15.9 Å². The molecule has 0 saturated heterocycles. The van der Waals surface area contributed by atoms with Crippen molar-refractivity contribution in [1.82, 2.24) is 14.8 Å². The summed E-state index contributed by atoms with van der Waals surface area (Å²) < 4.78 is 18.2. The van der Waals surface area contributed by atoms with Gasteiger partial charge < -0.3 is 19.5 Å². The highest BCUT2D eigenvalue weighted by Gasteiger charge is 2.36. The van der Waals surface area contributed by atoms with E-state index in [2.05, 4.69) is 31.3 Å². The van der Waals surface area contributed by atoms with Crippen LogP contribution in [0.3, 0.4) is 0 Å². The summed E-state index contributed by atoms with van der Waals surface area (Å²) in [6, 6.07) is 3.16. The number of esters is 1. The average Bonchev–Trinajstić information content (AvgIpc) is 3.20. The van der Waals surface area contributed by atoms with E-state index in [9.17, 15) is 4.79 Å². The van der Waals surface area contributed by atoms with Crippen LogP contribution in [0.5, 0.6) is 11.5 Å². The van der Waals surface area contributed by atoms with Crippen molar-refractivity contribution in [3.8, 4) is 11.5 Å². The van der Waals surface area contributed by atoms with E-state index in [1.54, 1.807) is 11.6 Å². The fourth-order valence-corrected chi connectivity index (χ4v) is 3.43. The van der Waals surface area contributed by atoms with E-state index in [-0.39, 0.29) is 6.79 Å².